The standard InChI is InChI=1S/C13H23N3O3/c1-9(17-2)6-7-12-15-13(16-19-12)11(14)8-18-10-4-3-5-10/h9-11H,3-8,14H2,1-2H3. The van der Waals surface area contributed by atoms with Crippen molar-refractivity contribution in [2.75, 3.05) is 13.7 Å². The molecule has 1 saturated carbocycles. The summed E-state index contributed by atoms with van der Waals surface area (Å²) in [5, 5.41) is 3.91. The molecule has 0 bridgehead atoms. The van der Waals surface area contributed by atoms with Gasteiger partial charge in [-0.1, -0.05) is 5.16 Å². The summed E-state index contributed by atoms with van der Waals surface area (Å²) in [7, 11) is 1.69. The maximum Gasteiger partial charge on any atom is 0.226 e. The molecule has 2 atom stereocenters. The van der Waals surface area contributed by atoms with Crippen molar-refractivity contribution >= 4 is 0 Å². The molecule has 6 nitrogen and oxygen atoms in total. The Bertz CT molecular complexity index is 379. The topological polar surface area (TPSA) is 83.4 Å². The Hall–Kier alpha value is -0.980. The van der Waals surface area contributed by atoms with Crippen LogP contribution in [0, 0.1) is 0 Å². The first-order valence-corrected chi connectivity index (χ1v) is 6.91. The summed E-state index contributed by atoms with van der Waals surface area (Å²) < 4.78 is 16.0. The van der Waals surface area contributed by atoms with Gasteiger partial charge in [0.1, 0.15) is 0 Å². The second-order valence-corrected chi connectivity index (χ2v) is 5.12. The molecule has 0 spiro atoms. The zero-order valence-electron chi connectivity index (χ0n) is 11.7. The van der Waals surface area contributed by atoms with Gasteiger partial charge in [0, 0.05) is 13.5 Å². The smallest absolute Gasteiger partial charge is 0.226 e. The number of nitrogens with two attached hydrogens (primary N) is 1. The number of ether oxygens (including phenoxy) is 2. The Kier molecular flexibility index (Phi) is 5.30. The molecule has 1 aliphatic carbocycles. The number of hydrogen-bond donors (Lipinski definition) is 1. The Morgan fingerprint density at radius 3 is 2.89 bits per heavy atom. The second-order valence-electron chi connectivity index (χ2n) is 5.12. The molecule has 19 heavy (non-hydrogen) atoms. The molecule has 0 saturated heterocycles. The third kappa shape index (κ3) is 4.26. The predicted molar refractivity (Wildman–Crippen MR) is 69.6 cm³/mol. The molecule has 1 aromatic heterocycles. The molecule has 1 aliphatic rings. The van der Waals surface area contributed by atoms with Crippen LogP contribution in [0.5, 0.6) is 0 Å². The Balaban J connectivity index is 1.75. The van der Waals surface area contributed by atoms with Crippen LogP contribution in [-0.4, -0.2) is 36.1 Å². The summed E-state index contributed by atoms with van der Waals surface area (Å²) in [6.45, 7) is 2.47. The van der Waals surface area contributed by atoms with Crippen LogP contribution in [-0.2, 0) is 15.9 Å². The van der Waals surface area contributed by atoms with E-state index in [1.165, 1.54) is 6.42 Å². The van der Waals surface area contributed by atoms with E-state index >= 15 is 0 Å². The summed E-state index contributed by atoms with van der Waals surface area (Å²) in [5.41, 5.74) is 5.98. The zero-order valence-corrected chi connectivity index (χ0v) is 11.7. The lowest BCUT2D eigenvalue weighted by atomic mass is 9.96. The Labute approximate surface area is 113 Å². The van der Waals surface area contributed by atoms with E-state index in [9.17, 15) is 0 Å². The summed E-state index contributed by atoms with van der Waals surface area (Å²) >= 11 is 0. The molecule has 6 heteroatoms. The molecular weight excluding hydrogens is 246 g/mol. The van der Waals surface area contributed by atoms with E-state index in [1.54, 1.807) is 7.11 Å². The van der Waals surface area contributed by atoms with Gasteiger partial charge in [0.25, 0.3) is 0 Å². The van der Waals surface area contributed by atoms with Crippen LogP contribution < -0.4 is 5.73 Å². The van der Waals surface area contributed by atoms with Gasteiger partial charge in [-0.2, -0.15) is 4.98 Å². The number of rotatable bonds is 8. The maximum absolute atomic E-state index is 5.98. The Morgan fingerprint density at radius 1 is 1.47 bits per heavy atom. The molecule has 0 aromatic carbocycles. The largest absolute Gasteiger partial charge is 0.382 e. The normalized spacial score (nSPS) is 19.1. The molecule has 108 valence electrons. The van der Waals surface area contributed by atoms with Crippen molar-refractivity contribution in [3.05, 3.63) is 11.7 Å². The molecule has 1 heterocycles. The summed E-state index contributed by atoms with van der Waals surface area (Å²) in [4.78, 5) is 4.30. The molecule has 0 amide bonds. The fourth-order valence-electron chi connectivity index (χ4n) is 1.82. The molecule has 1 fully saturated rings. The van der Waals surface area contributed by atoms with E-state index in [1.807, 2.05) is 6.92 Å². The second kappa shape index (κ2) is 6.98. The van der Waals surface area contributed by atoms with E-state index in [0.29, 0.717) is 30.8 Å². The molecule has 0 radical (unpaired) electrons. The summed E-state index contributed by atoms with van der Waals surface area (Å²) in [6, 6.07) is -0.307. The number of methoxy groups -OCH3 is 1. The lowest BCUT2D eigenvalue weighted by molar-refractivity contribution is -0.00549. The van der Waals surface area contributed by atoms with Gasteiger partial charge in [-0.25, -0.2) is 0 Å². The van der Waals surface area contributed by atoms with Crippen molar-refractivity contribution in [2.24, 2.45) is 5.73 Å². The third-order valence-electron chi connectivity index (χ3n) is 3.55. The van der Waals surface area contributed by atoms with E-state index in [-0.39, 0.29) is 12.1 Å². The molecule has 2 unspecified atom stereocenters. The molecule has 2 N–H and O–H groups in total. The van der Waals surface area contributed by atoms with Gasteiger partial charge >= 0.3 is 0 Å². The molecule has 2 rings (SSSR count). The number of aryl methyl sites for hydroxylation is 1. The highest BCUT2D eigenvalue weighted by Gasteiger charge is 2.21. The fraction of sp³-hybridized carbons (Fsp3) is 0.846. The summed E-state index contributed by atoms with van der Waals surface area (Å²) in [6.07, 6.45) is 5.65. The van der Waals surface area contributed by atoms with Gasteiger partial charge in [-0.05, 0) is 32.6 Å². The minimum atomic E-state index is -0.307. The lowest BCUT2D eigenvalue weighted by Crippen LogP contribution is -2.27. The first kappa shape index (κ1) is 14.4. The van der Waals surface area contributed by atoms with Crippen molar-refractivity contribution in [1.29, 1.82) is 0 Å². The minimum Gasteiger partial charge on any atom is -0.382 e. The maximum atomic E-state index is 5.98. The van der Waals surface area contributed by atoms with Crippen LogP contribution in [0.1, 0.15) is 50.4 Å². The fourth-order valence-corrected chi connectivity index (χ4v) is 1.82. The SMILES string of the molecule is COC(C)CCc1nc(C(N)COC2CCC2)no1. The Morgan fingerprint density at radius 2 is 2.26 bits per heavy atom. The molecule has 1 aromatic rings. The first-order chi connectivity index (χ1) is 9.19. The van der Waals surface area contributed by atoms with Crippen molar-refractivity contribution in [3.8, 4) is 0 Å². The van der Waals surface area contributed by atoms with Crippen molar-refractivity contribution in [3.63, 3.8) is 0 Å². The zero-order chi connectivity index (χ0) is 13.7. The average Bonchev–Trinajstić information content (AvgIpc) is 2.82. The van der Waals surface area contributed by atoms with E-state index in [4.69, 9.17) is 19.7 Å². The summed E-state index contributed by atoms with van der Waals surface area (Å²) in [5.74, 6) is 1.14. The van der Waals surface area contributed by atoms with Crippen molar-refractivity contribution in [1.82, 2.24) is 10.1 Å². The van der Waals surface area contributed by atoms with Gasteiger partial charge in [0.2, 0.25) is 5.89 Å². The lowest BCUT2D eigenvalue weighted by Gasteiger charge is -2.26. The molecular formula is C13H23N3O3. The van der Waals surface area contributed by atoms with Crippen LogP contribution in [0.25, 0.3) is 0 Å². The van der Waals surface area contributed by atoms with Gasteiger partial charge < -0.3 is 19.7 Å². The number of aromatic nitrogens is 2. The van der Waals surface area contributed by atoms with Gasteiger partial charge in [-0.3, -0.25) is 0 Å². The average molecular weight is 269 g/mol. The van der Waals surface area contributed by atoms with Gasteiger partial charge in [0.05, 0.1) is 24.9 Å². The molecule has 0 aliphatic heterocycles. The van der Waals surface area contributed by atoms with E-state index in [0.717, 1.165) is 19.3 Å². The van der Waals surface area contributed by atoms with Crippen molar-refractivity contribution in [2.45, 2.75) is 57.3 Å². The number of nitrogens with zero attached hydrogens (tertiary/aromatic N) is 2. The predicted octanol–water partition coefficient (Wildman–Crippen LogP) is 1.61. The highest BCUT2D eigenvalue weighted by Crippen LogP contribution is 2.23. The third-order valence-corrected chi connectivity index (χ3v) is 3.55. The van der Waals surface area contributed by atoms with Crippen LogP contribution in [0.3, 0.4) is 0 Å². The monoisotopic (exact) mass is 269 g/mol. The van der Waals surface area contributed by atoms with Gasteiger partial charge in [-0.15, -0.1) is 0 Å². The van der Waals surface area contributed by atoms with Crippen LogP contribution in [0.2, 0.25) is 0 Å². The van der Waals surface area contributed by atoms with Crippen LogP contribution >= 0.6 is 0 Å². The van der Waals surface area contributed by atoms with Crippen LogP contribution in [0.15, 0.2) is 4.52 Å². The number of hydrogen-bond acceptors (Lipinski definition) is 6. The minimum absolute atomic E-state index is 0.186. The van der Waals surface area contributed by atoms with Crippen LogP contribution in [0.4, 0.5) is 0 Å². The highest BCUT2D eigenvalue weighted by molar-refractivity contribution is 4.93. The quantitative estimate of drug-likeness (QED) is 0.772. The first-order valence-electron chi connectivity index (χ1n) is 6.91. The van der Waals surface area contributed by atoms with Gasteiger partial charge in [0.15, 0.2) is 5.82 Å². The van der Waals surface area contributed by atoms with Crippen molar-refractivity contribution < 1.29 is 14.0 Å². The van der Waals surface area contributed by atoms with E-state index in [2.05, 4.69) is 10.1 Å². The highest BCUT2D eigenvalue weighted by atomic mass is 16.5. The van der Waals surface area contributed by atoms with E-state index < -0.39 is 0 Å².